The van der Waals surface area contributed by atoms with E-state index in [4.69, 9.17) is 18.5 Å². The van der Waals surface area contributed by atoms with Gasteiger partial charge in [-0.05, 0) is 0 Å². The maximum atomic E-state index is 12.2. The van der Waals surface area contributed by atoms with Gasteiger partial charge in [0.05, 0.1) is 0 Å². The fourth-order valence-electron chi connectivity index (χ4n) is 4.35. The van der Waals surface area contributed by atoms with Crippen LogP contribution in [0, 0.1) is 13.8 Å². The van der Waals surface area contributed by atoms with Crippen molar-refractivity contribution in [2.75, 3.05) is 13.2 Å². The maximum absolute atomic E-state index is 12.2. The minimum absolute atomic E-state index is 0.0576. The zero-order valence-corrected chi connectivity index (χ0v) is 21.4. The third-order valence-corrected chi connectivity index (χ3v) is 7.80. The normalized spacial score (nSPS) is 28.6. The monoisotopic (exact) mass is 544 g/mol. The summed E-state index contributed by atoms with van der Waals surface area (Å²) in [5, 5.41) is 20.2. The molecule has 0 bridgehead atoms. The Morgan fingerprint density at radius 1 is 1.00 bits per heavy atom. The van der Waals surface area contributed by atoms with Crippen LogP contribution < -0.4 is 22.5 Å². The topological polar surface area (TPSA) is 207 Å². The molecule has 0 spiro atoms. The van der Waals surface area contributed by atoms with Crippen molar-refractivity contribution in [1.29, 1.82) is 0 Å². The molecule has 17 heteroatoms. The Kier molecular flexibility index (Phi) is 8.02. The predicted molar refractivity (Wildman–Crippen MR) is 132 cm³/mol. The predicted octanol–water partition coefficient (Wildman–Crippen LogP) is -2.93. The van der Waals surface area contributed by atoms with Crippen LogP contribution in [0.4, 0.5) is 0 Å². The minimum atomic E-state index is -3.86. The van der Waals surface area contributed by atoms with Crippen molar-refractivity contribution < 1.29 is 33.6 Å². The van der Waals surface area contributed by atoms with Crippen LogP contribution in [0.1, 0.15) is 36.4 Å². The van der Waals surface area contributed by atoms with E-state index in [9.17, 15) is 34.3 Å². The molecule has 0 unspecified atom stereocenters. The molecule has 37 heavy (non-hydrogen) atoms. The molecule has 2 saturated heterocycles. The molecule has 0 aliphatic carbocycles. The zero-order chi connectivity index (χ0) is 27.1. The number of aliphatic hydroxyl groups is 2. The van der Waals surface area contributed by atoms with Crippen molar-refractivity contribution in [1.82, 2.24) is 19.1 Å². The van der Waals surface area contributed by atoms with Gasteiger partial charge >= 0.3 is 210 Å². The van der Waals surface area contributed by atoms with E-state index in [1.807, 2.05) is 0 Å². The molecule has 15 nitrogen and oxygen atoms in total. The molecule has 2 aliphatic rings. The van der Waals surface area contributed by atoms with Crippen LogP contribution in [-0.2, 0) is 18.5 Å². The number of aliphatic hydroxyl groups excluding tert-OH is 2. The Labute approximate surface area is 210 Å². The van der Waals surface area contributed by atoms with Gasteiger partial charge in [0.1, 0.15) is 0 Å². The number of aromatic amines is 2. The van der Waals surface area contributed by atoms with Crippen molar-refractivity contribution in [2.45, 2.75) is 63.6 Å². The van der Waals surface area contributed by atoms with E-state index in [0.717, 1.165) is 0 Å². The van der Waals surface area contributed by atoms with Crippen LogP contribution in [0.25, 0.3) is 0 Å². The molecule has 0 radical (unpaired) electrons. The zero-order valence-electron chi connectivity index (χ0n) is 20.4. The van der Waals surface area contributed by atoms with Crippen LogP contribution in [0.2, 0.25) is 0 Å². The van der Waals surface area contributed by atoms with Gasteiger partial charge in [-0.2, -0.15) is 0 Å². The van der Waals surface area contributed by atoms with E-state index in [1.54, 1.807) is 0 Å². The van der Waals surface area contributed by atoms with E-state index in [0.29, 0.717) is 11.1 Å². The Morgan fingerprint density at radius 2 is 1.51 bits per heavy atom. The first-order valence-corrected chi connectivity index (χ1v) is 13.9. The van der Waals surface area contributed by atoms with Gasteiger partial charge in [-0.1, -0.05) is 0 Å². The average Bonchev–Trinajstić information content (AvgIpc) is 3.39. The van der Waals surface area contributed by atoms with Gasteiger partial charge < -0.3 is 0 Å². The summed E-state index contributed by atoms with van der Waals surface area (Å²) in [7, 11) is -2.51. The van der Waals surface area contributed by atoms with Crippen LogP contribution >= 0.6 is 7.82 Å². The second kappa shape index (κ2) is 10.7. The number of H-pyrrole nitrogens is 2. The molecule has 4 heterocycles. The first-order chi connectivity index (χ1) is 17.4. The van der Waals surface area contributed by atoms with Crippen molar-refractivity contribution >= 4 is 15.4 Å². The summed E-state index contributed by atoms with van der Waals surface area (Å²) >= 11 is 0. The number of hydrogen-bond acceptors (Lipinski definition) is 11. The molecule has 6 atom stereocenters. The number of nitrogens with one attached hydrogen (secondary N) is 2. The molecule has 204 valence electrons. The quantitative estimate of drug-likeness (QED) is 0.168. The standard InChI is InChI=1S/C20H30BN4O11P/c1-9-5-24(19(30)22-17(9)28)15-3-11(27)14(35-15)8-33-37(21,32)36-12-4-16(34-13(12)7-26)25-6-10(2)18(29)23-20(25)31/h5-6,11-16,26-27,32,37H,3-4,7-8,21H2,1-2H3,(H,22,28,30)(H,23,29,31)/t11-,12-,13-,14-,15-,16-/m1/s1. The van der Waals surface area contributed by atoms with Gasteiger partial charge in [0.2, 0.25) is 0 Å². The Morgan fingerprint density at radius 3 is 2.05 bits per heavy atom. The summed E-state index contributed by atoms with van der Waals surface area (Å²) in [5.41, 5.74) is -1.80. The van der Waals surface area contributed by atoms with Gasteiger partial charge in [0.15, 0.2) is 0 Å². The third-order valence-electron chi connectivity index (χ3n) is 6.36. The molecule has 4 rings (SSSR count). The average molecular weight is 544 g/mol. The molecule has 2 aromatic rings. The summed E-state index contributed by atoms with van der Waals surface area (Å²) in [6, 6.07) is 0. The van der Waals surface area contributed by atoms with E-state index in [-0.39, 0.29) is 19.4 Å². The number of aromatic nitrogens is 4. The SMILES string of the molecule is B[PH](O)(OC[C@H]1O[C@@H](n2cc(C)c(=O)[nH]c2=O)C[C@H]1O)O[C@@H]1C[C@H](n2cc(C)c(=O)[nH]c2=O)O[C@@H]1CO. The molecular weight excluding hydrogens is 514 g/mol. The fraction of sp³-hybridized carbons (Fsp3) is 0.600. The summed E-state index contributed by atoms with van der Waals surface area (Å²) in [6.45, 7) is 2.35. The van der Waals surface area contributed by atoms with Gasteiger partial charge in [-0.15, -0.1) is 0 Å². The van der Waals surface area contributed by atoms with Gasteiger partial charge in [-0.3, -0.25) is 0 Å². The van der Waals surface area contributed by atoms with E-state index >= 15 is 0 Å². The fourth-order valence-corrected chi connectivity index (χ4v) is 5.70. The van der Waals surface area contributed by atoms with Crippen LogP contribution in [0.3, 0.4) is 0 Å². The number of ether oxygens (including phenoxy) is 2. The summed E-state index contributed by atoms with van der Waals surface area (Å²) in [6.07, 6.45) is -2.49. The summed E-state index contributed by atoms with van der Waals surface area (Å²) in [5.74, 6) is 0. The molecule has 0 aromatic carbocycles. The molecule has 2 fully saturated rings. The van der Waals surface area contributed by atoms with Crippen molar-refractivity contribution in [2.24, 2.45) is 0 Å². The van der Waals surface area contributed by atoms with Crippen LogP contribution in [-0.4, -0.2) is 79.4 Å². The number of aryl methyl sites for hydroxylation is 2. The first kappa shape index (κ1) is 27.6. The second-order valence-corrected chi connectivity index (χ2v) is 11.6. The second-order valence-electron chi connectivity index (χ2n) is 9.30. The third kappa shape index (κ3) is 6.02. The molecule has 0 amide bonds. The number of nitrogens with zero attached hydrogens (tertiary/aromatic N) is 2. The Balaban J connectivity index is 1.39. The van der Waals surface area contributed by atoms with Gasteiger partial charge in [0, 0.05) is 0 Å². The van der Waals surface area contributed by atoms with Crippen molar-refractivity contribution in [3.05, 3.63) is 65.2 Å². The van der Waals surface area contributed by atoms with Crippen molar-refractivity contribution in [3.8, 4) is 0 Å². The number of rotatable bonds is 8. The number of hydrogen-bond donors (Lipinski definition) is 5. The summed E-state index contributed by atoms with van der Waals surface area (Å²) in [4.78, 5) is 62.8. The van der Waals surface area contributed by atoms with Crippen molar-refractivity contribution in [3.63, 3.8) is 0 Å². The Hall–Kier alpha value is -2.43. The molecule has 0 saturated carbocycles. The van der Waals surface area contributed by atoms with Gasteiger partial charge in [-0.25, -0.2) is 0 Å². The van der Waals surface area contributed by atoms with E-state index in [1.165, 1.54) is 42.9 Å². The van der Waals surface area contributed by atoms with Crippen LogP contribution in [0.5, 0.6) is 0 Å². The Bertz CT molecular complexity index is 1370. The first-order valence-electron chi connectivity index (χ1n) is 11.7. The summed E-state index contributed by atoms with van der Waals surface area (Å²) < 4.78 is 25.2. The van der Waals surface area contributed by atoms with E-state index < -0.39 is 73.8 Å². The van der Waals surface area contributed by atoms with Crippen LogP contribution in [0.15, 0.2) is 31.6 Å². The molecule has 2 aromatic heterocycles. The molecule has 2 aliphatic heterocycles. The molecular formula is C20H30BN4O11P. The molecule has 5 N–H and O–H groups in total. The van der Waals surface area contributed by atoms with Gasteiger partial charge in [0.25, 0.3) is 0 Å². The van der Waals surface area contributed by atoms with E-state index in [2.05, 4.69) is 9.97 Å².